The molecule has 1 amide bonds. The summed E-state index contributed by atoms with van der Waals surface area (Å²) in [5.41, 5.74) is 5.97. The van der Waals surface area contributed by atoms with Gasteiger partial charge in [-0.05, 0) is 44.0 Å². The van der Waals surface area contributed by atoms with Gasteiger partial charge in [0.05, 0.1) is 0 Å². The van der Waals surface area contributed by atoms with Crippen LogP contribution in [0.4, 0.5) is 4.39 Å². The van der Waals surface area contributed by atoms with Crippen LogP contribution < -0.4 is 5.73 Å². The second-order valence-electron chi connectivity index (χ2n) is 5.09. The number of hydrogen-bond donors (Lipinski definition) is 1. The topological polar surface area (TPSA) is 46.3 Å². The number of carbonyl (C=O) groups excluding carboxylic acids is 1. The number of halogens is 1. The molecule has 0 aliphatic heterocycles. The Kier molecular flexibility index (Phi) is 4.91. The minimum Gasteiger partial charge on any atom is -0.336 e. The maximum absolute atomic E-state index is 13.2. The average Bonchev–Trinajstić information content (AvgIpc) is 2.93. The molecule has 4 heteroatoms. The number of nitrogens with zero attached hydrogens (tertiary/aromatic N) is 1. The minimum absolute atomic E-state index is 0.0696. The van der Waals surface area contributed by atoms with Gasteiger partial charge in [-0.2, -0.15) is 0 Å². The van der Waals surface area contributed by atoms with E-state index in [0.29, 0.717) is 24.7 Å². The van der Waals surface area contributed by atoms with Crippen molar-refractivity contribution in [2.24, 2.45) is 5.73 Å². The van der Waals surface area contributed by atoms with Crippen LogP contribution in [0.2, 0.25) is 0 Å². The number of carbonyl (C=O) groups is 1. The van der Waals surface area contributed by atoms with Crippen molar-refractivity contribution in [1.29, 1.82) is 0 Å². The van der Waals surface area contributed by atoms with Gasteiger partial charge in [0, 0.05) is 18.2 Å². The average molecular weight is 264 g/mol. The van der Waals surface area contributed by atoms with Crippen molar-refractivity contribution in [2.75, 3.05) is 13.1 Å². The first kappa shape index (κ1) is 14.0. The van der Waals surface area contributed by atoms with Gasteiger partial charge in [-0.25, -0.2) is 4.39 Å². The number of nitrogens with two attached hydrogens (primary N) is 1. The molecule has 0 spiro atoms. The lowest BCUT2D eigenvalue weighted by atomic mass is 10.1. The third-order valence-electron chi connectivity index (χ3n) is 3.70. The van der Waals surface area contributed by atoms with Crippen molar-refractivity contribution in [2.45, 2.75) is 38.1 Å². The van der Waals surface area contributed by atoms with E-state index in [-0.39, 0.29) is 11.7 Å². The number of rotatable bonds is 5. The third kappa shape index (κ3) is 3.53. The van der Waals surface area contributed by atoms with E-state index in [4.69, 9.17) is 5.73 Å². The van der Waals surface area contributed by atoms with Crippen LogP contribution >= 0.6 is 0 Å². The lowest BCUT2D eigenvalue weighted by Gasteiger charge is -2.29. The molecule has 1 saturated carbocycles. The normalized spacial score (nSPS) is 15.7. The molecule has 1 aliphatic carbocycles. The summed E-state index contributed by atoms with van der Waals surface area (Å²) < 4.78 is 13.2. The van der Waals surface area contributed by atoms with Gasteiger partial charge in [0.1, 0.15) is 5.82 Å². The van der Waals surface area contributed by atoms with Crippen molar-refractivity contribution in [1.82, 2.24) is 4.90 Å². The van der Waals surface area contributed by atoms with E-state index in [1.165, 1.54) is 25.0 Å². The van der Waals surface area contributed by atoms with Gasteiger partial charge in [0.2, 0.25) is 0 Å². The molecule has 104 valence electrons. The highest BCUT2D eigenvalue weighted by atomic mass is 19.1. The Morgan fingerprint density at radius 3 is 2.74 bits per heavy atom. The van der Waals surface area contributed by atoms with Crippen LogP contribution in [0.25, 0.3) is 0 Å². The molecule has 1 aromatic rings. The predicted octanol–water partition coefficient (Wildman–Crippen LogP) is 2.56. The number of hydrogen-bond acceptors (Lipinski definition) is 2. The van der Waals surface area contributed by atoms with Gasteiger partial charge in [0.25, 0.3) is 5.91 Å². The van der Waals surface area contributed by atoms with Gasteiger partial charge >= 0.3 is 0 Å². The standard InChI is InChI=1S/C15H21FN2O/c16-13-6-3-5-12(11-13)15(19)18(10-4-9-17)14-7-1-2-8-14/h3,5-6,11,14H,1-2,4,7-10,17H2. The van der Waals surface area contributed by atoms with E-state index < -0.39 is 0 Å². The summed E-state index contributed by atoms with van der Waals surface area (Å²) in [6.45, 7) is 1.23. The Morgan fingerprint density at radius 1 is 1.37 bits per heavy atom. The Hall–Kier alpha value is -1.42. The summed E-state index contributed by atoms with van der Waals surface area (Å²) in [6, 6.07) is 6.22. The summed E-state index contributed by atoms with van der Waals surface area (Å²) in [4.78, 5) is 14.4. The van der Waals surface area contributed by atoms with Crippen molar-refractivity contribution in [3.8, 4) is 0 Å². The zero-order chi connectivity index (χ0) is 13.7. The molecule has 0 bridgehead atoms. The van der Waals surface area contributed by atoms with Crippen molar-refractivity contribution >= 4 is 5.91 Å². The maximum atomic E-state index is 13.2. The quantitative estimate of drug-likeness (QED) is 0.888. The van der Waals surface area contributed by atoms with Gasteiger partial charge in [-0.1, -0.05) is 18.9 Å². The van der Waals surface area contributed by atoms with E-state index in [0.717, 1.165) is 19.3 Å². The molecule has 2 N–H and O–H groups in total. The first-order chi connectivity index (χ1) is 9.22. The minimum atomic E-state index is -0.365. The van der Waals surface area contributed by atoms with Crippen LogP contribution in [0.3, 0.4) is 0 Å². The molecule has 0 unspecified atom stereocenters. The van der Waals surface area contributed by atoms with Gasteiger partial charge in [-0.3, -0.25) is 4.79 Å². The fraction of sp³-hybridized carbons (Fsp3) is 0.533. The second-order valence-corrected chi connectivity index (χ2v) is 5.09. The molecule has 0 aromatic heterocycles. The summed E-state index contributed by atoms with van der Waals surface area (Å²) >= 11 is 0. The fourth-order valence-corrected chi connectivity index (χ4v) is 2.71. The van der Waals surface area contributed by atoms with Crippen LogP contribution in [0.5, 0.6) is 0 Å². The van der Waals surface area contributed by atoms with E-state index in [1.54, 1.807) is 12.1 Å². The van der Waals surface area contributed by atoms with Crippen LogP contribution in [0.1, 0.15) is 42.5 Å². The Labute approximate surface area is 113 Å². The highest BCUT2D eigenvalue weighted by Gasteiger charge is 2.26. The van der Waals surface area contributed by atoms with E-state index in [9.17, 15) is 9.18 Å². The lowest BCUT2D eigenvalue weighted by molar-refractivity contribution is 0.0680. The monoisotopic (exact) mass is 264 g/mol. The van der Waals surface area contributed by atoms with Crippen LogP contribution in [0, 0.1) is 5.82 Å². The van der Waals surface area contributed by atoms with Crippen LogP contribution in [-0.4, -0.2) is 29.9 Å². The maximum Gasteiger partial charge on any atom is 0.254 e. The lowest BCUT2D eigenvalue weighted by Crippen LogP contribution is -2.40. The number of amides is 1. The van der Waals surface area contributed by atoms with Gasteiger partial charge < -0.3 is 10.6 Å². The summed E-state index contributed by atoms with van der Waals surface area (Å²) in [5, 5.41) is 0. The Balaban J connectivity index is 2.14. The fourth-order valence-electron chi connectivity index (χ4n) is 2.71. The first-order valence-corrected chi connectivity index (χ1v) is 6.99. The van der Waals surface area contributed by atoms with Crippen LogP contribution in [0.15, 0.2) is 24.3 Å². The molecule has 0 radical (unpaired) electrons. The Bertz CT molecular complexity index is 430. The molecule has 2 rings (SSSR count). The highest BCUT2D eigenvalue weighted by molar-refractivity contribution is 5.94. The molecule has 19 heavy (non-hydrogen) atoms. The molecule has 3 nitrogen and oxygen atoms in total. The van der Waals surface area contributed by atoms with E-state index in [2.05, 4.69) is 0 Å². The van der Waals surface area contributed by atoms with Crippen LogP contribution in [-0.2, 0) is 0 Å². The molecule has 0 saturated heterocycles. The molecule has 0 heterocycles. The van der Waals surface area contributed by atoms with E-state index in [1.807, 2.05) is 4.90 Å². The van der Waals surface area contributed by atoms with Gasteiger partial charge in [-0.15, -0.1) is 0 Å². The van der Waals surface area contributed by atoms with E-state index >= 15 is 0 Å². The zero-order valence-corrected chi connectivity index (χ0v) is 11.1. The first-order valence-electron chi connectivity index (χ1n) is 6.99. The zero-order valence-electron chi connectivity index (χ0n) is 11.1. The summed E-state index contributed by atoms with van der Waals surface area (Å²) in [5.74, 6) is -0.434. The second kappa shape index (κ2) is 6.66. The molecule has 0 atom stereocenters. The Morgan fingerprint density at radius 2 is 2.11 bits per heavy atom. The predicted molar refractivity (Wildman–Crippen MR) is 73.4 cm³/mol. The SMILES string of the molecule is NCCCN(C(=O)c1cccc(F)c1)C1CCCC1. The summed E-state index contributed by atoms with van der Waals surface area (Å²) in [6.07, 6.45) is 5.22. The number of benzene rings is 1. The molecule has 1 aliphatic rings. The largest absolute Gasteiger partial charge is 0.336 e. The summed E-state index contributed by atoms with van der Waals surface area (Å²) in [7, 11) is 0. The molecular formula is C15H21FN2O. The van der Waals surface area contributed by atoms with Crippen molar-refractivity contribution in [3.63, 3.8) is 0 Å². The molecule has 1 fully saturated rings. The third-order valence-corrected chi connectivity index (χ3v) is 3.70. The van der Waals surface area contributed by atoms with Crippen molar-refractivity contribution in [3.05, 3.63) is 35.6 Å². The molecule has 1 aromatic carbocycles. The highest BCUT2D eigenvalue weighted by Crippen LogP contribution is 2.25. The molecular weight excluding hydrogens is 243 g/mol. The van der Waals surface area contributed by atoms with Gasteiger partial charge in [0.15, 0.2) is 0 Å². The van der Waals surface area contributed by atoms with Crippen molar-refractivity contribution < 1.29 is 9.18 Å². The smallest absolute Gasteiger partial charge is 0.254 e.